The molecule has 1 heterocycles. The third-order valence-electron chi connectivity index (χ3n) is 2.76. The van der Waals surface area contributed by atoms with E-state index < -0.39 is 12.2 Å². The highest BCUT2D eigenvalue weighted by molar-refractivity contribution is 4.66. The molecular formula is C12H25NO5. The summed E-state index contributed by atoms with van der Waals surface area (Å²) < 4.78 is 15.6. The zero-order valence-corrected chi connectivity index (χ0v) is 11.0. The highest BCUT2D eigenvalue weighted by atomic mass is 16.5. The minimum atomic E-state index is -0.568. The first kappa shape index (κ1) is 15.8. The Morgan fingerprint density at radius 2 is 2.00 bits per heavy atom. The van der Waals surface area contributed by atoms with Crippen molar-refractivity contribution in [2.45, 2.75) is 31.2 Å². The van der Waals surface area contributed by atoms with E-state index >= 15 is 0 Å². The molecule has 0 bridgehead atoms. The number of aliphatic hydroxyl groups excluding tert-OH is 2. The van der Waals surface area contributed by atoms with Crippen LogP contribution in [0.15, 0.2) is 0 Å². The maximum Gasteiger partial charge on any atom is 0.0897 e. The molecule has 0 spiro atoms. The predicted octanol–water partition coefficient (Wildman–Crippen LogP) is -0.860. The Labute approximate surface area is 108 Å². The highest BCUT2D eigenvalue weighted by Crippen LogP contribution is 2.11. The van der Waals surface area contributed by atoms with Crippen LogP contribution in [-0.4, -0.2) is 75.2 Å². The second-order valence-corrected chi connectivity index (χ2v) is 4.59. The lowest BCUT2D eigenvalue weighted by Crippen LogP contribution is -2.37. The summed E-state index contributed by atoms with van der Waals surface area (Å²) in [7, 11) is 1.54. The van der Waals surface area contributed by atoms with Gasteiger partial charge in [0.05, 0.1) is 38.1 Å². The summed E-state index contributed by atoms with van der Waals surface area (Å²) in [5.41, 5.74) is 0. The highest BCUT2D eigenvalue weighted by Gasteiger charge is 2.16. The van der Waals surface area contributed by atoms with Crippen LogP contribution in [0.5, 0.6) is 0 Å². The molecule has 1 aliphatic rings. The molecule has 1 fully saturated rings. The van der Waals surface area contributed by atoms with Crippen LogP contribution in [0.3, 0.4) is 0 Å². The molecular weight excluding hydrogens is 238 g/mol. The Morgan fingerprint density at radius 3 is 2.61 bits per heavy atom. The SMILES string of the molecule is COCC(O)CNCC(O)COCC1CCCO1. The molecule has 0 aromatic carbocycles. The Kier molecular flexibility index (Phi) is 8.49. The third kappa shape index (κ3) is 7.25. The van der Waals surface area contributed by atoms with Gasteiger partial charge >= 0.3 is 0 Å². The van der Waals surface area contributed by atoms with Crippen LogP contribution >= 0.6 is 0 Å². The molecule has 1 rings (SSSR count). The average molecular weight is 263 g/mol. The third-order valence-corrected chi connectivity index (χ3v) is 2.76. The molecule has 0 aromatic rings. The lowest BCUT2D eigenvalue weighted by molar-refractivity contribution is -0.0173. The first-order valence-corrected chi connectivity index (χ1v) is 6.47. The molecule has 18 heavy (non-hydrogen) atoms. The first-order valence-electron chi connectivity index (χ1n) is 6.47. The Bertz CT molecular complexity index is 199. The van der Waals surface area contributed by atoms with E-state index in [0.29, 0.717) is 26.3 Å². The molecule has 1 aliphatic heterocycles. The van der Waals surface area contributed by atoms with Gasteiger partial charge < -0.3 is 29.7 Å². The van der Waals surface area contributed by atoms with Gasteiger partial charge in [0, 0.05) is 26.8 Å². The molecule has 6 nitrogen and oxygen atoms in total. The van der Waals surface area contributed by atoms with Gasteiger partial charge in [0.15, 0.2) is 0 Å². The number of hydrogen-bond acceptors (Lipinski definition) is 6. The molecule has 3 N–H and O–H groups in total. The molecule has 0 aliphatic carbocycles. The van der Waals surface area contributed by atoms with Gasteiger partial charge in [-0.15, -0.1) is 0 Å². The first-order chi connectivity index (χ1) is 8.72. The summed E-state index contributed by atoms with van der Waals surface area (Å²) in [5, 5.41) is 21.9. The zero-order chi connectivity index (χ0) is 13.2. The van der Waals surface area contributed by atoms with Gasteiger partial charge in [0.1, 0.15) is 0 Å². The Morgan fingerprint density at radius 1 is 1.28 bits per heavy atom. The Balaban J connectivity index is 1.91. The molecule has 108 valence electrons. The lowest BCUT2D eigenvalue weighted by atomic mass is 10.2. The van der Waals surface area contributed by atoms with Crippen molar-refractivity contribution in [1.82, 2.24) is 5.32 Å². The summed E-state index contributed by atoms with van der Waals surface area (Å²) in [6.45, 7) is 2.73. The normalized spacial score (nSPS) is 23.2. The minimum absolute atomic E-state index is 0.189. The number of ether oxygens (including phenoxy) is 3. The van der Waals surface area contributed by atoms with Gasteiger partial charge in [0.25, 0.3) is 0 Å². The van der Waals surface area contributed by atoms with Gasteiger partial charge in [-0.05, 0) is 12.8 Å². The molecule has 3 unspecified atom stereocenters. The summed E-state index contributed by atoms with van der Waals surface area (Å²) in [5.74, 6) is 0. The number of rotatable bonds is 10. The summed E-state index contributed by atoms with van der Waals surface area (Å²) >= 11 is 0. The molecule has 0 amide bonds. The van der Waals surface area contributed by atoms with Gasteiger partial charge in [-0.3, -0.25) is 0 Å². The van der Waals surface area contributed by atoms with Crippen LogP contribution in [0, 0.1) is 0 Å². The number of aliphatic hydroxyl groups is 2. The molecule has 0 radical (unpaired) electrons. The van der Waals surface area contributed by atoms with E-state index in [2.05, 4.69) is 5.32 Å². The van der Waals surface area contributed by atoms with Crippen LogP contribution in [0.2, 0.25) is 0 Å². The maximum absolute atomic E-state index is 9.62. The maximum atomic E-state index is 9.62. The minimum Gasteiger partial charge on any atom is -0.389 e. The van der Waals surface area contributed by atoms with Crippen molar-refractivity contribution in [3.05, 3.63) is 0 Å². The van der Waals surface area contributed by atoms with Crippen molar-refractivity contribution >= 4 is 0 Å². The average Bonchev–Trinajstić information content (AvgIpc) is 2.82. The Hall–Kier alpha value is -0.240. The van der Waals surface area contributed by atoms with E-state index in [0.717, 1.165) is 19.4 Å². The zero-order valence-electron chi connectivity index (χ0n) is 11.0. The van der Waals surface area contributed by atoms with Crippen molar-refractivity contribution in [2.24, 2.45) is 0 Å². The van der Waals surface area contributed by atoms with E-state index in [1.54, 1.807) is 0 Å². The quantitative estimate of drug-likeness (QED) is 0.476. The van der Waals surface area contributed by atoms with Gasteiger partial charge in [-0.2, -0.15) is 0 Å². The molecule has 1 saturated heterocycles. The van der Waals surface area contributed by atoms with Crippen LogP contribution in [0.1, 0.15) is 12.8 Å². The number of methoxy groups -OCH3 is 1. The monoisotopic (exact) mass is 263 g/mol. The van der Waals surface area contributed by atoms with Crippen molar-refractivity contribution in [2.75, 3.05) is 46.6 Å². The fraction of sp³-hybridized carbons (Fsp3) is 1.00. The van der Waals surface area contributed by atoms with Gasteiger partial charge in [-0.25, -0.2) is 0 Å². The van der Waals surface area contributed by atoms with Gasteiger partial charge in [-0.1, -0.05) is 0 Å². The molecule has 0 aromatic heterocycles. The largest absolute Gasteiger partial charge is 0.389 e. The predicted molar refractivity (Wildman–Crippen MR) is 66.6 cm³/mol. The van der Waals surface area contributed by atoms with Crippen LogP contribution in [0.25, 0.3) is 0 Å². The van der Waals surface area contributed by atoms with E-state index in [1.807, 2.05) is 0 Å². The fourth-order valence-corrected chi connectivity index (χ4v) is 1.84. The topological polar surface area (TPSA) is 80.2 Å². The smallest absolute Gasteiger partial charge is 0.0897 e. The van der Waals surface area contributed by atoms with Crippen molar-refractivity contribution in [3.8, 4) is 0 Å². The van der Waals surface area contributed by atoms with Crippen molar-refractivity contribution in [3.63, 3.8) is 0 Å². The fourth-order valence-electron chi connectivity index (χ4n) is 1.84. The van der Waals surface area contributed by atoms with Crippen LogP contribution < -0.4 is 5.32 Å². The second kappa shape index (κ2) is 9.66. The number of hydrogen-bond donors (Lipinski definition) is 3. The summed E-state index contributed by atoms with van der Waals surface area (Å²) in [6, 6.07) is 0. The molecule has 6 heteroatoms. The van der Waals surface area contributed by atoms with Crippen molar-refractivity contribution < 1.29 is 24.4 Å². The van der Waals surface area contributed by atoms with Crippen LogP contribution in [-0.2, 0) is 14.2 Å². The molecule has 3 atom stereocenters. The summed E-state index contributed by atoms with van der Waals surface area (Å²) in [4.78, 5) is 0. The van der Waals surface area contributed by atoms with E-state index in [4.69, 9.17) is 14.2 Å². The van der Waals surface area contributed by atoms with Crippen molar-refractivity contribution in [1.29, 1.82) is 0 Å². The van der Waals surface area contributed by atoms with E-state index in [9.17, 15) is 10.2 Å². The van der Waals surface area contributed by atoms with Gasteiger partial charge in [0.2, 0.25) is 0 Å². The van der Waals surface area contributed by atoms with E-state index in [-0.39, 0.29) is 12.7 Å². The van der Waals surface area contributed by atoms with E-state index in [1.165, 1.54) is 7.11 Å². The second-order valence-electron chi connectivity index (χ2n) is 4.59. The summed E-state index contributed by atoms with van der Waals surface area (Å²) in [6.07, 6.45) is 1.21. The standard InChI is InChI=1S/C12H25NO5/c1-16-7-10(14)5-13-6-11(15)8-17-9-12-3-2-4-18-12/h10-15H,2-9H2,1H3. The van der Waals surface area contributed by atoms with Crippen LogP contribution in [0.4, 0.5) is 0 Å². The molecule has 0 saturated carbocycles. The lowest BCUT2D eigenvalue weighted by Gasteiger charge is -2.16. The number of nitrogens with one attached hydrogen (secondary N) is 1.